The minimum absolute atomic E-state index is 0.153. The Bertz CT molecular complexity index is 357. The van der Waals surface area contributed by atoms with E-state index >= 15 is 0 Å². The summed E-state index contributed by atoms with van der Waals surface area (Å²) < 4.78 is 10.9. The Morgan fingerprint density at radius 2 is 1.79 bits per heavy atom. The number of hydrogen-bond donors (Lipinski definition) is 2. The van der Waals surface area contributed by atoms with E-state index in [1.807, 2.05) is 45.0 Å². The quantitative estimate of drug-likeness (QED) is 0.742. The molecule has 0 radical (unpaired) electrons. The van der Waals surface area contributed by atoms with Crippen LogP contribution in [0.5, 0.6) is 0 Å². The molecule has 1 aromatic rings. The van der Waals surface area contributed by atoms with Gasteiger partial charge in [0, 0.05) is 6.54 Å². The first-order chi connectivity index (χ1) is 8.92. The van der Waals surface area contributed by atoms with Crippen LogP contribution in [0, 0.1) is 0 Å². The zero-order valence-electron chi connectivity index (χ0n) is 12.1. The maximum atomic E-state index is 9.95. The third kappa shape index (κ3) is 6.68. The third-order valence-corrected chi connectivity index (χ3v) is 2.64. The number of rotatable bonds is 7. The van der Waals surface area contributed by atoms with Crippen molar-refractivity contribution >= 4 is 0 Å². The van der Waals surface area contributed by atoms with E-state index in [2.05, 4.69) is 0 Å². The molecule has 0 aromatic heterocycles. The summed E-state index contributed by atoms with van der Waals surface area (Å²) in [5.41, 5.74) is 7.26. The van der Waals surface area contributed by atoms with E-state index in [1.54, 1.807) is 0 Å². The number of aliphatic hydroxyl groups is 1. The van der Waals surface area contributed by atoms with Crippen LogP contribution in [0.2, 0.25) is 0 Å². The van der Waals surface area contributed by atoms with Crippen molar-refractivity contribution in [2.75, 3.05) is 19.8 Å². The molecule has 1 rings (SSSR count). The standard InChI is InChI=1S/C15H25NO3/c1-15(2,3)19-9-8-18-11-14(17)13-6-4-12(10-16)5-7-13/h4-7,14,17H,8-11,16H2,1-3H3. The first kappa shape index (κ1) is 16.1. The van der Waals surface area contributed by atoms with Gasteiger partial charge in [-0.2, -0.15) is 0 Å². The molecular weight excluding hydrogens is 242 g/mol. The van der Waals surface area contributed by atoms with Crippen molar-refractivity contribution in [3.63, 3.8) is 0 Å². The third-order valence-electron chi connectivity index (χ3n) is 2.64. The molecule has 0 saturated heterocycles. The van der Waals surface area contributed by atoms with Crippen LogP contribution in [0.25, 0.3) is 0 Å². The van der Waals surface area contributed by atoms with Gasteiger partial charge in [0.2, 0.25) is 0 Å². The van der Waals surface area contributed by atoms with Crippen molar-refractivity contribution in [1.82, 2.24) is 0 Å². The first-order valence-electron chi connectivity index (χ1n) is 6.61. The maximum Gasteiger partial charge on any atom is 0.102 e. The SMILES string of the molecule is CC(C)(C)OCCOCC(O)c1ccc(CN)cc1. The summed E-state index contributed by atoms with van der Waals surface area (Å²) in [6.07, 6.45) is -0.610. The smallest absolute Gasteiger partial charge is 0.102 e. The number of benzene rings is 1. The summed E-state index contributed by atoms with van der Waals surface area (Å²) in [6, 6.07) is 7.59. The number of aliphatic hydroxyl groups excluding tert-OH is 1. The van der Waals surface area contributed by atoms with Crippen LogP contribution in [-0.2, 0) is 16.0 Å². The molecule has 4 heteroatoms. The highest BCUT2D eigenvalue weighted by molar-refractivity contribution is 5.23. The Kier molecular flexibility index (Phi) is 6.45. The van der Waals surface area contributed by atoms with Gasteiger partial charge in [-0.15, -0.1) is 0 Å². The summed E-state index contributed by atoms with van der Waals surface area (Å²) in [5, 5.41) is 9.95. The Morgan fingerprint density at radius 1 is 1.16 bits per heavy atom. The van der Waals surface area contributed by atoms with E-state index in [9.17, 15) is 5.11 Å². The van der Waals surface area contributed by atoms with Crippen LogP contribution in [0.3, 0.4) is 0 Å². The van der Waals surface area contributed by atoms with Crippen LogP contribution < -0.4 is 5.73 Å². The Balaban J connectivity index is 2.25. The van der Waals surface area contributed by atoms with Crippen LogP contribution in [0.1, 0.15) is 38.0 Å². The highest BCUT2D eigenvalue weighted by Gasteiger charge is 2.10. The highest BCUT2D eigenvalue weighted by atomic mass is 16.5. The second-order valence-corrected chi connectivity index (χ2v) is 5.50. The minimum Gasteiger partial charge on any atom is -0.386 e. The molecule has 1 atom stereocenters. The Morgan fingerprint density at radius 3 is 2.32 bits per heavy atom. The first-order valence-corrected chi connectivity index (χ1v) is 6.61. The maximum absolute atomic E-state index is 9.95. The molecule has 0 amide bonds. The van der Waals surface area contributed by atoms with Crippen LogP contribution in [0.15, 0.2) is 24.3 Å². The van der Waals surface area contributed by atoms with Gasteiger partial charge in [0.25, 0.3) is 0 Å². The van der Waals surface area contributed by atoms with Crippen LogP contribution in [-0.4, -0.2) is 30.5 Å². The normalized spacial score (nSPS) is 13.5. The van der Waals surface area contributed by atoms with Crippen molar-refractivity contribution in [3.05, 3.63) is 35.4 Å². The molecule has 19 heavy (non-hydrogen) atoms. The lowest BCUT2D eigenvalue weighted by Crippen LogP contribution is -2.22. The summed E-state index contributed by atoms with van der Waals surface area (Å²) in [5.74, 6) is 0. The molecule has 0 saturated carbocycles. The fourth-order valence-electron chi connectivity index (χ4n) is 1.57. The number of nitrogens with two attached hydrogens (primary N) is 1. The van der Waals surface area contributed by atoms with Gasteiger partial charge in [-0.3, -0.25) is 0 Å². The summed E-state index contributed by atoms with van der Waals surface area (Å²) in [4.78, 5) is 0. The molecule has 3 N–H and O–H groups in total. The molecule has 108 valence electrons. The zero-order valence-corrected chi connectivity index (χ0v) is 12.1. The van der Waals surface area contributed by atoms with Crippen molar-refractivity contribution in [2.24, 2.45) is 5.73 Å². The molecule has 0 fully saturated rings. The average molecular weight is 267 g/mol. The fourth-order valence-corrected chi connectivity index (χ4v) is 1.57. The predicted octanol–water partition coefficient (Wildman–Crippen LogP) is 2.01. The van der Waals surface area contributed by atoms with Gasteiger partial charge in [-0.1, -0.05) is 24.3 Å². The van der Waals surface area contributed by atoms with Gasteiger partial charge in [0.05, 0.1) is 25.4 Å². The lowest BCUT2D eigenvalue weighted by atomic mass is 10.1. The number of ether oxygens (including phenoxy) is 2. The topological polar surface area (TPSA) is 64.7 Å². The second-order valence-electron chi connectivity index (χ2n) is 5.50. The molecule has 0 aliphatic heterocycles. The van der Waals surface area contributed by atoms with E-state index in [0.29, 0.717) is 19.8 Å². The van der Waals surface area contributed by atoms with Crippen molar-refractivity contribution in [1.29, 1.82) is 0 Å². The summed E-state index contributed by atoms with van der Waals surface area (Å²) in [6.45, 7) is 7.80. The Labute approximate surface area is 115 Å². The molecule has 0 heterocycles. The van der Waals surface area contributed by atoms with E-state index in [0.717, 1.165) is 11.1 Å². The number of hydrogen-bond acceptors (Lipinski definition) is 4. The zero-order chi connectivity index (χ0) is 14.3. The largest absolute Gasteiger partial charge is 0.386 e. The van der Waals surface area contributed by atoms with E-state index in [4.69, 9.17) is 15.2 Å². The summed E-state index contributed by atoms with van der Waals surface area (Å²) >= 11 is 0. The fraction of sp³-hybridized carbons (Fsp3) is 0.600. The monoisotopic (exact) mass is 267 g/mol. The molecule has 1 unspecified atom stereocenters. The van der Waals surface area contributed by atoms with Gasteiger partial charge in [-0.05, 0) is 31.9 Å². The van der Waals surface area contributed by atoms with Crippen molar-refractivity contribution < 1.29 is 14.6 Å². The van der Waals surface area contributed by atoms with Gasteiger partial charge >= 0.3 is 0 Å². The molecule has 0 aliphatic carbocycles. The van der Waals surface area contributed by atoms with E-state index in [1.165, 1.54) is 0 Å². The van der Waals surface area contributed by atoms with Gasteiger partial charge in [0.1, 0.15) is 6.10 Å². The highest BCUT2D eigenvalue weighted by Crippen LogP contribution is 2.14. The van der Waals surface area contributed by atoms with Gasteiger partial charge in [-0.25, -0.2) is 0 Å². The van der Waals surface area contributed by atoms with Crippen molar-refractivity contribution in [3.8, 4) is 0 Å². The lowest BCUT2D eigenvalue weighted by Gasteiger charge is -2.19. The molecule has 4 nitrogen and oxygen atoms in total. The van der Waals surface area contributed by atoms with E-state index < -0.39 is 6.10 Å². The van der Waals surface area contributed by atoms with Crippen LogP contribution in [0.4, 0.5) is 0 Å². The van der Waals surface area contributed by atoms with Gasteiger partial charge < -0.3 is 20.3 Å². The molecule has 0 bridgehead atoms. The van der Waals surface area contributed by atoms with E-state index in [-0.39, 0.29) is 12.2 Å². The summed E-state index contributed by atoms with van der Waals surface area (Å²) in [7, 11) is 0. The van der Waals surface area contributed by atoms with Gasteiger partial charge in [0.15, 0.2) is 0 Å². The van der Waals surface area contributed by atoms with Crippen molar-refractivity contribution in [2.45, 2.75) is 39.0 Å². The van der Waals surface area contributed by atoms with Crippen LogP contribution >= 0.6 is 0 Å². The predicted molar refractivity (Wildman–Crippen MR) is 75.8 cm³/mol. The second kappa shape index (κ2) is 7.60. The average Bonchev–Trinajstić information content (AvgIpc) is 2.37. The Hall–Kier alpha value is -0.940. The molecule has 0 aliphatic rings. The lowest BCUT2D eigenvalue weighted by molar-refractivity contribution is -0.0477. The minimum atomic E-state index is -0.610. The molecular formula is C15H25NO3. The molecule has 0 spiro atoms. The molecule has 1 aromatic carbocycles.